The zero-order valence-electron chi connectivity index (χ0n) is 15.1. The van der Waals surface area contributed by atoms with Crippen molar-refractivity contribution in [3.8, 4) is 0 Å². The number of carbonyl (C=O) groups excluding carboxylic acids is 1. The maximum atomic E-state index is 13.0. The topological polar surface area (TPSA) is 43.8 Å². The molecular weight excluding hydrogens is 300 g/mol. The quantitative estimate of drug-likeness (QED) is 0.901. The molecule has 1 amide bonds. The van der Waals surface area contributed by atoms with Gasteiger partial charge in [-0.05, 0) is 62.8 Å². The van der Waals surface area contributed by atoms with Gasteiger partial charge >= 0.3 is 0 Å². The summed E-state index contributed by atoms with van der Waals surface area (Å²) in [6, 6.07) is 8.73. The standard InChI is InChI=1S/C20H30N2O2/c1-14(2)15(3)22(18-8-9-18)20(24)16-4-6-17(7-5-16)21-12-10-19(23)11-13-21/h4-7,14-15,18-19,23H,8-13H2,1-3H3. The molecule has 1 aliphatic carbocycles. The van der Waals surface area contributed by atoms with E-state index in [-0.39, 0.29) is 18.1 Å². The molecule has 0 bridgehead atoms. The first-order chi connectivity index (χ1) is 11.5. The van der Waals surface area contributed by atoms with Crippen molar-refractivity contribution in [1.82, 2.24) is 4.90 Å². The summed E-state index contributed by atoms with van der Waals surface area (Å²) in [6.45, 7) is 8.29. The van der Waals surface area contributed by atoms with Gasteiger partial charge in [0, 0.05) is 36.4 Å². The predicted molar refractivity (Wildman–Crippen MR) is 97.4 cm³/mol. The number of nitrogens with zero attached hydrogens (tertiary/aromatic N) is 2. The number of piperidine rings is 1. The number of amides is 1. The first-order valence-corrected chi connectivity index (χ1v) is 9.33. The monoisotopic (exact) mass is 330 g/mol. The average Bonchev–Trinajstić information content (AvgIpc) is 3.40. The van der Waals surface area contributed by atoms with E-state index < -0.39 is 0 Å². The van der Waals surface area contributed by atoms with Gasteiger partial charge in [-0.25, -0.2) is 0 Å². The number of hydrogen-bond donors (Lipinski definition) is 1. The van der Waals surface area contributed by atoms with E-state index >= 15 is 0 Å². The summed E-state index contributed by atoms with van der Waals surface area (Å²) in [5.74, 6) is 0.632. The van der Waals surface area contributed by atoms with E-state index in [2.05, 4.69) is 42.7 Å². The van der Waals surface area contributed by atoms with Crippen molar-refractivity contribution in [2.24, 2.45) is 5.92 Å². The van der Waals surface area contributed by atoms with Crippen LogP contribution in [0.5, 0.6) is 0 Å². The molecule has 1 unspecified atom stereocenters. The fraction of sp³-hybridized carbons (Fsp3) is 0.650. The number of anilines is 1. The van der Waals surface area contributed by atoms with Crippen molar-refractivity contribution in [1.29, 1.82) is 0 Å². The third-order valence-electron chi connectivity index (χ3n) is 5.52. The fourth-order valence-electron chi connectivity index (χ4n) is 3.45. The summed E-state index contributed by atoms with van der Waals surface area (Å²) < 4.78 is 0. The van der Waals surface area contributed by atoms with Crippen LogP contribution < -0.4 is 4.90 Å². The Morgan fingerprint density at radius 3 is 2.17 bits per heavy atom. The predicted octanol–water partition coefficient (Wildman–Crippen LogP) is 3.30. The first kappa shape index (κ1) is 17.3. The number of aliphatic hydroxyl groups excluding tert-OH is 1. The van der Waals surface area contributed by atoms with Gasteiger partial charge in [0.15, 0.2) is 0 Å². The Kier molecular flexibility index (Phi) is 5.14. The van der Waals surface area contributed by atoms with E-state index in [0.29, 0.717) is 12.0 Å². The van der Waals surface area contributed by atoms with Crippen LogP contribution in [0.25, 0.3) is 0 Å². The lowest BCUT2D eigenvalue weighted by atomic mass is 10.0. The third-order valence-corrected chi connectivity index (χ3v) is 5.52. The van der Waals surface area contributed by atoms with Crippen LogP contribution in [0.4, 0.5) is 5.69 Å². The molecule has 1 aromatic rings. The van der Waals surface area contributed by atoms with E-state index in [1.807, 2.05) is 12.1 Å². The number of carbonyl (C=O) groups is 1. The maximum absolute atomic E-state index is 13.0. The number of rotatable bonds is 5. The average molecular weight is 330 g/mol. The Balaban J connectivity index is 1.71. The Labute approximate surface area is 145 Å². The SMILES string of the molecule is CC(C)C(C)N(C(=O)c1ccc(N2CCC(O)CC2)cc1)C1CC1. The lowest BCUT2D eigenvalue weighted by Gasteiger charge is -2.33. The second kappa shape index (κ2) is 7.14. The van der Waals surface area contributed by atoms with Crippen molar-refractivity contribution in [3.05, 3.63) is 29.8 Å². The summed E-state index contributed by atoms with van der Waals surface area (Å²) in [5.41, 5.74) is 1.93. The van der Waals surface area contributed by atoms with Crippen molar-refractivity contribution < 1.29 is 9.90 Å². The summed E-state index contributed by atoms with van der Waals surface area (Å²) in [4.78, 5) is 17.4. The second-order valence-corrected chi connectivity index (χ2v) is 7.69. The van der Waals surface area contributed by atoms with Crippen LogP contribution in [-0.4, -0.2) is 47.2 Å². The second-order valence-electron chi connectivity index (χ2n) is 7.69. The van der Waals surface area contributed by atoms with Crippen LogP contribution >= 0.6 is 0 Å². The molecule has 1 aromatic carbocycles. The van der Waals surface area contributed by atoms with Gasteiger partial charge in [-0.2, -0.15) is 0 Å². The molecule has 24 heavy (non-hydrogen) atoms. The molecule has 2 fully saturated rings. The molecule has 0 radical (unpaired) electrons. The highest BCUT2D eigenvalue weighted by Crippen LogP contribution is 2.32. The highest BCUT2D eigenvalue weighted by molar-refractivity contribution is 5.95. The maximum Gasteiger partial charge on any atom is 0.254 e. The molecule has 1 saturated heterocycles. The summed E-state index contributed by atoms with van der Waals surface area (Å²) >= 11 is 0. The van der Waals surface area contributed by atoms with Crippen LogP contribution in [0.3, 0.4) is 0 Å². The van der Waals surface area contributed by atoms with Gasteiger partial charge < -0.3 is 14.9 Å². The lowest BCUT2D eigenvalue weighted by Crippen LogP contribution is -2.43. The van der Waals surface area contributed by atoms with Gasteiger partial charge in [-0.3, -0.25) is 4.79 Å². The van der Waals surface area contributed by atoms with E-state index in [1.165, 1.54) is 0 Å². The van der Waals surface area contributed by atoms with Crippen molar-refractivity contribution >= 4 is 11.6 Å². The minimum absolute atomic E-state index is 0.160. The molecule has 0 spiro atoms. The van der Waals surface area contributed by atoms with E-state index in [0.717, 1.165) is 50.0 Å². The van der Waals surface area contributed by atoms with Crippen LogP contribution in [0.15, 0.2) is 24.3 Å². The Morgan fingerprint density at radius 1 is 1.08 bits per heavy atom. The highest BCUT2D eigenvalue weighted by atomic mass is 16.3. The van der Waals surface area contributed by atoms with E-state index in [4.69, 9.17) is 0 Å². The molecule has 1 aliphatic heterocycles. The van der Waals surface area contributed by atoms with Gasteiger partial charge in [0.25, 0.3) is 5.91 Å². The largest absolute Gasteiger partial charge is 0.393 e. The zero-order chi connectivity index (χ0) is 17.3. The summed E-state index contributed by atoms with van der Waals surface area (Å²) in [6.07, 6.45) is 3.75. The third kappa shape index (κ3) is 3.75. The minimum Gasteiger partial charge on any atom is -0.393 e. The van der Waals surface area contributed by atoms with Gasteiger partial charge in [0.05, 0.1) is 6.10 Å². The number of aliphatic hydroxyl groups is 1. The molecule has 3 rings (SSSR count). The molecule has 1 heterocycles. The molecule has 0 aromatic heterocycles. The Morgan fingerprint density at radius 2 is 1.67 bits per heavy atom. The molecule has 4 nitrogen and oxygen atoms in total. The molecule has 1 saturated carbocycles. The Bertz CT molecular complexity index is 558. The van der Waals surface area contributed by atoms with Gasteiger partial charge in [0.1, 0.15) is 0 Å². The van der Waals surface area contributed by atoms with Crippen LogP contribution in [-0.2, 0) is 0 Å². The molecule has 1 N–H and O–H groups in total. The fourth-order valence-corrected chi connectivity index (χ4v) is 3.45. The molecule has 2 aliphatic rings. The number of benzene rings is 1. The molecule has 132 valence electrons. The van der Waals surface area contributed by atoms with E-state index in [9.17, 15) is 9.90 Å². The van der Waals surface area contributed by atoms with Crippen LogP contribution in [0.2, 0.25) is 0 Å². The zero-order valence-corrected chi connectivity index (χ0v) is 15.1. The Hall–Kier alpha value is -1.55. The molecular formula is C20H30N2O2. The van der Waals surface area contributed by atoms with Gasteiger partial charge in [0.2, 0.25) is 0 Å². The molecule has 1 atom stereocenters. The normalized spacial score (nSPS) is 20.3. The lowest BCUT2D eigenvalue weighted by molar-refractivity contribution is 0.0628. The van der Waals surface area contributed by atoms with E-state index in [1.54, 1.807) is 0 Å². The van der Waals surface area contributed by atoms with Gasteiger partial charge in [-0.15, -0.1) is 0 Å². The van der Waals surface area contributed by atoms with Crippen molar-refractivity contribution in [2.75, 3.05) is 18.0 Å². The molecule has 4 heteroatoms. The first-order valence-electron chi connectivity index (χ1n) is 9.33. The van der Waals surface area contributed by atoms with Crippen LogP contribution in [0, 0.1) is 5.92 Å². The minimum atomic E-state index is -0.160. The van der Waals surface area contributed by atoms with Gasteiger partial charge in [-0.1, -0.05) is 13.8 Å². The van der Waals surface area contributed by atoms with Crippen LogP contribution in [0.1, 0.15) is 56.8 Å². The van der Waals surface area contributed by atoms with Crippen molar-refractivity contribution in [3.63, 3.8) is 0 Å². The smallest absolute Gasteiger partial charge is 0.254 e. The highest BCUT2D eigenvalue weighted by Gasteiger charge is 2.37. The summed E-state index contributed by atoms with van der Waals surface area (Å²) in [7, 11) is 0. The van der Waals surface area contributed by atoms with Crippen molar-refractivity contribution in [2.45, 2.75) is 64.6 Å². The summed E-state index contributed by atoms with van der Waals surface area (Å²) in [5, 5.41) is 9.63. The number of hydrogen-bond acceptors (Lipinski definition) is 3.